The lowest BCUT2D eigenvalue weighted by molar-refractivity contribution is -0.144. The molecule has 0 aliphatic carbocycles. The highest BCUT2D eigenvalue weighted by Gasteiger charge is 2.27. The van der Waals surface area contributed by atoms with Gasteiger partial charge in [-0.3, -0.25) is 4.79 Å². The summed E-state index contributed by atoms with van der Waals surface area (Å²) in [6.07, 6.45) is 0. The lowest BCUT2D eigenvalue weighted by atomic mass is 10.0. The molecule has 0 aliphatic heterocycles. The van der Waals surface area contributed by atoms with Crippen LogP contribution in [0.2, 0.25) is 5.02 Å². The van der Waals surface area contributed by atoms with Crippen molar-refractivity contribution in [3.63, 3.8) is 0 Å². The third-order valence-electron chi connectivity index (χ3n) is 3.36. The number of hydrogen-bond acceptors (Lipinski definition) is 5. The van der Waals surface area contributed by atoms with E-state index in [1.54, 1.807) is 13.8 Å². The molecule has 0 saturated carbocycles. The molecular formula is C15H21ClN2O5S. The molecule has 1 atom stereocenters. The number of amides is 1. The van der Waals surface area contributed by atoms with Crippen molar-refractivity contribution < 1.29 is 22.7 Å². The van der Waals surface area contributed by atoms with Crippen molar-refractivity contribution in [3.05, 3.63) is 28.8 Å². The molecule has 0 bridgehead atoms. The van der Waals surface area contributed by atoms with Gasteiger partial charge in [0.1, 0.15) is 10.9 Å². The number of sulfonamides is 1. The van der Waals surface area contributed by atoms with Crippen molar-refractivity contribution in [1.82, 2.24) is 9.62 Å². The van der Waals surface area contributed by atoms with Gasteiger partial charge in [-0.05, 0) is 24.1 Å². The van der Waals surface area contributed by atoms with E-state index in [-0.39, 0.29) is 21.4 Å². The Morgan fingerprint density at radius 1 is 1.25 bits per heavy atom. The van der Waals surface area contributed by atoms with E-state index in [1.807, 2.05) is 0 Å². The summed E-state index contributed by atoms with van der Waals surface area (Å²) in [4.78, 5) is 23.9. The Bertz CT molecular complexity index is 731. The molecule has 9 heteroatoms. The second-order valence-electron chi connectivity index (χ2n) is 5.65. The molecule has 1 rings (SSSR count). The summed E-state index contributed by atoms with van der Waals surface area (Å²) in [5.74, 6) is -1.36. The first-order valence-electron chi connectivity index (χ1n) is 7.13. The minimum atomic E-state index is -3.80. The van der Waals surface area contributed by atoms with Gasteiger partial charge in [-0.2, -0.15) is 0 Å². The SMILES string of the molecule is COC(=O)[C@@H](NC(=O)c1ccc(Cl)c(S(=O)(=O)N(C)C)c1)C(C)C. The minimum Gasteiger partial charge on any atom is -0.467 e. The molecule has 0 spiro atoms. The Balaban J connectivity index is 3.20. The van der Waals surface area contributed by atoms with Crippen LogP contribution in [-0.4, -0.2) is 51.8 Å². The number of methoxy groups -OCH3 is 1. The number of nitrogens with one attached hydrogen (secondary N) is 1. The zero-order chi connectivity index (χ0) is 18.7. The predicted molar refractivity (Wildman–Crippen MR) is 90.4 cm³/mol. The highest BCUT2D eigenvalue weighted by Crippen LogP contribution is 2.25. The van der Waals surface area contributed by atoms with Gasteiger partial charge < -0.3 is 10.1 Å². The number of carbonyl (C=O) groups excluding carboxylic acids is 2. The maximum Gasteiger partial charge on any atom is 0.328 e. The van der Waals surface area contributed by atoms with Gasteiger partial charge in [0.15, 0.2) is 0 Å². The fourth-order valence-corrected chi connectivity index (χ4v) is 3.28. The third-order valence-corrected chi connectivity index (χ3v) is 5.66. The number of hydrogen-bond donors (Lipinski definition) is 1. The Labute approximate surface area is 147 Å². The van der Waals surface area contributed by atoms with Crippen molar-refractivity contribution in [2.45, 2.75) is 24.8 Å². The fourth-order valence-electron chi connectivity index (χ4n) is 1.89. The summed E-state index contributed by atoms with van der Waals surface area (Å²) >= 11 is 5.95. The second-order valence-corrected chi connectivity index (χ2v) is 8.18. The number of benzene rings is 1. The number of carbonyl (C=O) groups is 2. The average Bonchev–Trinajstić information content (AvgIpc) is 2.51. The average molecular weight is 377 g/mol. The zero-order valence-corrected chi connectivity index (χ0v) is 15.7. The molecule has 0 heterocycles. The third kappa shape index (κ3) is 4.46. The normalized spacial score (nSPS) is 13.0. The quantitative estimate of drug-likeness (QED) is 0.760. The topological polar surface area (TPSA) is 92.8 Å². The summed E-state index contributed by atoms with van der Waals surface area (Å²) < 4.78 is 30.2. The molecule has 0 saturated heterocycles. The molecule has 0 fully saturated rings. The molecule has 1 N–H and O–H groups in total. The molecule has 1 aromatic carbocycles. The van der Waals surface area contributed by atoms with E-state index >= 15 is 0 Å². The van der Waals surface area contributed by atoms with Gasteiger partial charge in [-0.15, -0.1) is 0 Å². The summed E-state index contributed by atoms with van der Waals surface area (Å²) in [5.41, 5.74) is 0.0781. The van der Waals surface area contributed by atoms with Gasteiger partial charge in [-0.1, -0.05) is 25.4 Å². The molecule has 0 aromatic heterocycles. The number of nitrogens with zero attached hydrogens (tertiary/aromatic N) is 1. The molecule has 1 amide bonds. The molecule has 24 heavy (non-hydrogen) atoms. The van der Waals surface area contributed by atoms with E-state index in [0.717, 1.165) is 4.31 Å². The molecule has 0 aliphatic rings. The Kier molecular flexibility index (Phi) is 6.76. The summed E-state index contributed by atoms with van der Waals surface area (Å²) in [7, 11) is 0.162. The maximum atomic E-state index is 12.4. The largest absolute Gasteiger partial charge is 0.467 e. The summed E-state index contributed by atoms with van der Waals surface area (Å²) in [5, 5.41) is 2.55. The van der Waals surface area contributed by atoms with Gasteiger partial charge in [0.2, 0.25) is 10.0 Å². The van der Waals surface area contributed by atoms with Crippen molar-refractivity contribution in [3.8, 4) is 0 Å². The number of halogens is 1. The molecular weight excluding hydrogens is 356 g/mol. The first kappa shape index (κ1) is 20.4. The fraction of sp³-hybridized carbons (Fsp3) is 0.467. The summed E-state index contributed by atoms with van der Waals surface area (Å²) in [6, 6.07) is 3.06. The minimum absolute atomic E-state index is 0.00799. The van der Waals surface area contributed by atoms with Gasteiger partial charge in [0, 0.05) is 19.7 Å². The lowest BCUT2D eigenvalue weighted by Gasteiger charge is -2.20. The molecule has 7 nitrogen and oxygen atoms in total. The smallest absolute Gasteiger partial charge is 0.328 e. The molecule has 0 radical (unpaired) electrons. The van der Waals surface area contributed by atoms with Crippen molar-refractivity contribution in [2.24, 2.45) is 5.92 Å². The standard InChI is InChI=1S/C15H21ClN2O5S/c1-9(2)13(15(20)23-5)17-14(19)10-6-7-11(16)12(8-10)24(21,22)18(3)4/h6-9,13H,1-5H3,(H,17,19)/t13-/m0/s1. The molecule has 134 valence electrons. The van der Waals surface area contributed by atoms with Crippen molar-refractivity contribution in [2.75, 3.05) is 21.2 Å². The van der Waals surface area contributed by atoms with E-state index < -0.39 is 27.9 Å². The van der Waals surface area contributed by atoms with E-state index in [9.17, 15) is 18.0 Å². The number of esters is 1. The van der Waals surface area contributed by atoms with Gasteiger partial charge in [-0.25, -0.2) is 17.5 Å². The maximum absolute atomic E-state index is 12.4. The van der Waals surface area contributed by atoms with Gasteiger partial charge >= 0.3 is 5.97 Å². The Hall–Kier alpha value is -1.64. The van der Waals surface area contributed by atoms with Crippen LogP contribution in [-0.2, 0) is 19.6 Å². The van der Waals surface area contributed by atoms with Crippen LogP contribution in [0, 0.1) is 5.92 Å². The van der Waals surface area contributed by atoms with Crippen LogP contribution >= 0.6 is 11.6 Å². The monoisotopic (exact) mass is 376 g/mol. The first-order chi connectivity index (χ1) is 11.0. The van der Waals surface area contributed by atoms with Crippen molar-refractivity contribution >= 4 is 33.5 Å². The van der Waals surface area contributed by atoms with Gasteiger partial charge in [0.25, 0.3) is 5.91 Å². The highest BCUT2D eigenvalue weighted by molar-refractivity contribution is 7.89. The first-order valence-corrected chi connectivity index (χ1v) is 8.95. The Morgan fingerprint density at radius 3 is 2.29 bits per heavy atom. The number of rotatable bonds is 6. The number of ether oxygens (including phenoxy) is 1. The van der Waals surface area contributed by atoms with Crippen molar-refractivity contribution in [1.29, 1.82) is 0 Å². The van der Waals surface area contributed by atoms with Crippen LogP contribution in [0.3, 0.4) is 0 Å². The van der Waals surface area contributed by atoms with E-state index in [2.05, 4.69) is 10.1 Å². The second kappa shape index (κ2) is 7.96. The van der Waals surface area contributed by atoms with Crippen LogP contribution in [0.5, 0.6) is 0 Å². The summed E-state index contributed by atoms with van der Waals surface area (Å²) in [6.45, 7) is 3.51. The Morgan fingerprint density at radius 2 is 1.83 bits per heavy atom. The highest BCUT2D eigenvalue weighted by atomic mass is 35.5. The van der Waals surface area contributed by atoms with Crippen LogP contribution < -0.4 is 5.32 Å². The van der Waals surface area contributed by atoms with E-state index in [1.165, 1.54) is 39.4 Å². The zero-order valence-electron chi connectivity index (χ0n) is 14.2. The van der Waals surface area contributed by atoms with E-state index in [4.69, 9.17) is 11.6 Å². The molecule has 0 unspecified atom stereocenters. The van der Waals surface area contributed by atoms with E-state index in [0.29, 0.717) is 0 Å². The van der Waals surface area contributed by atoms with Crippen LogP contribution in [0.1, 0.15) is 24.2 Å². The van der Waals surface area contributed by atoms with Crippen LogP contribution in [0.15, 0.2) is 23.1 Å². The predicted octanol–water partition coefficient (Wildman–Crippen LogP) is 1.52. The van der Waals surface area contributed by atoms with Crippen LogP contribution in [0.4, 0.5) is 0 Å². The lowest BCUT2D eigenvalue weighted by Crippen LogP contribution is -2.45. The molecule has 1 aromatic rings. The van der Waals surface area contributed by atoms with Gasteiger partial charge in [0.05, 0.1) is 12.1 Å². The van der Waals surface area contributed by atoms with Crippen LogP contribution in [0.25, 0.3) is 0 Å².